The van der Waals surface area contributed by atoms with Gasteiger partial charge >= 0.3 is 0 Å². The van der Waals surface area contributed by atoms with Crippen molar-refractivity contribution in [2.24, 2.45) is 0 Å². The molecule has 2 aromatic rings. The maximum Gasteiger partial charge on any atom is 0.171 e. The minimum atomic E-state index is 0.277. The molecule has 0 bridgehead atoms. The Hall–Kier alpha value is -2.07. The van der Waals surface area contributed by atoms with Crippen LogP contribution in [0.1, 0.15) is 30.0 Å². The molecule has 1 aliphatic carbocycles. The zero-order chi connectivity index (χ0) is 15.4. The number of para-hydroxylation sites is 2. The van der Waals surface area contributed by atoms with E-state index in [2.05, 4.69) is 34.9 Å². The van der Waals surface area contributed by atoms with Gasteiger partial charge in [0.1, 0.15) is 5.75 Å². The molecule has 0 saturated heterocycles. The quantitative estimate of drug-likeness (QED) is 0.838. The highest BCUT2D eigenvalue weighted by Gasteiger charge is 2.20. The Bertz CT molecular complexity index is 672. The summed E-state index contributed by atoms with van der Waals surface area (Å²) >= 11 is 5.48. The highest BCUT2D eigenvalue weighted by molar-refractivity contribution is 7.80. The molecule has 114 valence electrons. The van der Waals surface area contributed by atoms with Gasteiger partial charge in [0, 0.05) is 0 Å². The Labute approximate surface area is 136 Å². The van der Waals surface area contributed by atoms with Crippen LogP contribution in [0.4, 0.5) is 5.69 Å². The molecule has 1 aliphatic rings. The minimum absolute atomic E-state index is 0.277. The van der Waals surface area contributed by atoms with Crippen molar-refractivity contribution in [2.45, 2.75) is 25.3 Å². The first-order chi connectivity index (χ1) is 10.8. The lowest BCUT2D eigenvalue weighted by Crippen LogP contribution is -2.34. The first kappa shape index (κ1) is 14.9. The Balaban J connectivity index is 1.70. The summed E-state index contributed by atoms with van der Waals surface area (Å²) in [5, 5.41) is 7.31. The van der Waals surface area contributed by atoms with Gasteiger partial charge in [-0.05, 0) is 54.7 Å². The number of thiocarbonyl (C=S) groups is 1. The second-order valence-electron chi connectivity index (χ2n) is 5.44. The zero-order valence-corrected chi connectivity index (χ0v) is 13.5. The van der Waals surface area contributed by atoms with Gasteiger partial charge in [0.05, 0.1) is 18.8 Å². The van der Waals surface area contributed by atoms with Crippen LogP contribution in [0.25, 0.3) is 0 Å². The van der Waals surface area contributed by atoms with Crippen LogP contribution in [-0.4, -0.2) is 12.2 Å². The number of fused-ring (bicyclic) bond motifs is 1. The van der Waals surface area contributed by atoms with Crippen molar-refractivity contribution >= 4 is 23.0 Å². The predicted molar refractivity (Wildman–Crippen MR) is 94.5 cm³/mol. The average Bonchev–Trinajstić information content (AvgIpc) is 2.55. The van der Waals surface area contributed by atoms with Crippen LogP contribution >= 0.6 is 12.2 Å². The van der Waals surface area contributed by atoms with E-state index in [1.165, 1.54) is 17.5 Å². The van der Waals surface area contributed by atoms with Gasteiger partial charge in [0.2, 0.25) is 0 Å². The van der Waals surface area contributed by atoms with Crippen molar-refractivity contribution in [3.63, 3.8) is 0 Å². The molecule has 3 rings (SSSR count). The topological polar surface area (TPSA) is 33.3 Å². The van der Waals surface area contributed by atoms with E-state index in [0.29, 0.717) is 5.11 Å². The molecule has 22 heavy (non-hydrogen) atoms. The zero-order valence-electron chi connectivity index (χ0n) is 12.6. The van der Waals surface area contributed by atoms with E-state index in [1.54, 1.807) is 7.11 Å². The monoisotopic (exact) mass is 312 g/mol. The van der Waals surface area contributed by atoms with Gasteiger partial charge in [-0.25, -0.2) is 0 Å². The third kappa shape index (κ3) is 3.22. The van der Waals surface area contributed by atoms with Crippen molar-refractivity contribution in [1.82, 2.24) is 5.32 Å². The fourth-order valence-electron chi connectivity index (χ4n) is 2.97. The van der Waals surface area contributed by atoms with E-state index < -0.39 is 0 Å². The lowest BCUT2D eigenvalue weighted by atomic mass is 9.88. The van der Waals surface area contributed by atoms with E-state index >= 15 is 0 Å². The molecule has 1 atom stereocenters. The molecule has 0 unspecified atom stereocenters. The van der Waals surface area contributed by atoms with Crippen LogP contribution < -0.4 is 15.4 Å². The number of hydrogen-bond donors (Lipinski definition) is 2. The number of methoxy groups -OCH3 is 1. The van der Waals surface area contributed by atoms with Gasteiger partial charge in [-0.15, -0.1) is 0 Å². The highest BCUT2D eigenvalue weighted by Crippen LogP contribution is 2.30. The third-order valence-electron chi connectivity index (χ3n) is 4.03. The number of rotatable bonds is 3. The lowest BCUT2D eigenvalue weighted by Gasteiger charge is -2.27. The molecule has 3 nitrogen and oxygen atoms in total. The lowest BCUT2D eigenvalue weighted by molar-refractivity contribution is 0.417. The fourth-order valence-corrected chi connectivity index (χ4v) is 3.22. The molecular formula is C18H20N2OS. The molecule has 0 amide bonds. The van der Waals surface area contributed by atoms with Gasteiger partial charge in [-0.2, -0.15) is 0 Å². The van der Waals surface area contributed by atoms with Gasteiger partial charge in [-0.3, -0.25) is 0 Å². The number of ether oxygens (including phenoxy) is 1. The van der Waals surface area contributed by atoms with E-state index in [0.717, 1.165) is 24.3 Å². The van der Waals surface area contributed by atoms with Crippen molar-refractivity contribution in [3.05, 3.63) is 59.7 Å². The summed E-state index contributed by atoms with van der Waals surface area (Å²) in [4.78, 5) is 0. The molecule has 0 saturated carbocycles. The van der Waals surface area contributed by atoms with Gasteiger partial charge < -0.3 is 15.4 Å². The summed E-state index contributed by atoms with van der Waals surface area (Å²) in [6, 6.07) is 16.7. The van der Waals surface area contributed by atoms with Gasteiger partial charge in [0.25, 0.3) is 0 Å². The van der Waals surface area contributed by atoms with Crippen LogP contribution in [0.2, 0.25) is 0 Å². The number of anilines is 1. The van der Waals surface area contributed by atoms with Crippen molar-refractivity contribution in [1.29, 1.82) is 0 Å². The second-order valence-corrected chi connectivity index (χ2v) is 5.85. The predicted octanol–water partition coefficient (Wildman–Crippen LogP) is 4.06. The molecule has 2 aromatic carbocycles. The normalized spacial score (nSPS) is 16.5. The third-order valence-corrected chi connectivity index (χ3v) is 4.25. The molecule has 0 aromatic heterocycles. The standard InChI is InChI=1S/C18H20N2OS/c1-21-17-12-5-4-10-16(17)20-18(22)19-15-11-6-8-13-7-2-3-9-14(13)15/h2-5,7,9-10,12,15H,6,8,11H2,1H3,(H2,19,20,22)/t15-/m0/s1. The molecule has 0 heterocycles. The van der Waals surface area contributed by atoms with E-state index in [9.17, 15) is 0 Å². The maximum absolute atomic E-state index is 5.48. The van der Waals surface area contributed by atoms with E-state index in [4.69, 9.17) is 17.0 Å². The first-order valence-electron chi connectivity index (χ1n) is 7.56. The molecule has 0 aliphatic heterocycles. The summed E-state index contributed by atoms with van der Waals surface area (Å²) in [6.45, 7) is 0. The van der Waals surface area contributed by atoms with Crippen LogP contribution in [0.3, 0.4) is 0 Å². The number of nitrogens with one attached hydrogen (secondary N) is 2. The second kappa shape index (κ2) is 6.79. The molecule has 0 fully saturated rings. The molecule has 4 heteroatoms. The van der Waals surface area contributed by atoms with Crippen LogP contribution in [0.15, 0.2) is 48.5 Å². The smallest absolute Gasteiger partial charge is 0.171 e. The molecule has 2 N–H and O–H groups in total. The molecule has 0 spiro atoms. The summed E-state index contributed by atoms with van der Waals surface area (Å²) in [7, 11) is 1.66. The SMILES string of the molecule is COc1ccccc1NC(=S)N[C@H]1CCCc2ccccc21. The Kier molecular flexibility index (Phi) is 4.59. The van der Waals surface area contributed by atoms with E-state index in [-0.39, 0.29) is 6.04 Å². The van der Waals surface area contributed by atoms with Crippen LogP contribution in [0.5, 0.6) is 5.75 Å². The van der Waals surface area contributed by atoms with Crippen molar-refractivity contribution < 1.29 is 4.74 Å². The average molecular weight is 312 g/mol. The number of hydrogen-bond acceptors (Lipinski definition) is 2. The largest absolute Gasteiger partial charge is 0.495 e. The first-order valence-corrected chi connectivity index (χ1v) is 7.97. The fraction of sp³-hybridized carbons (Fsp3) is 0.278. The van der Waals surface area contributed by atoms with Crippen molar-refractivity contribution in [3.8, 4) is 5.75 Å². The van der Waals surface area contributed by atoms with Gasteiger partial charge in [-0.1, -0.05) is 36.4 Å². The van der Waals surface area contributed by atoms with E-state index in [1.807, 2.05) is 24.3 Å². The maximum atomic E-state index is 5.48. The Morgan fingerprint density at radius 3 is 2.77 bits per heavy atom. The summed E-state index contributed by atoms with van der Waals surface area (Å²) < 4.78 is 5.34. The number of aryl methyl sites for hydroxylation is 1. The Morgan fingerprint density at radius 1 is 1.14 bits per heavy atom. The number of benzene rings is 2. The summed E-state index contributed by atoms with van der Waals surface area (Å²) in [5.74, 6) is 0.788. The van der Waals surface area contributed by atoms with Crippen molar-refractivity contribution in [2.75, 3.05) is 12.4 Å². The molecular weight excluding hydrogens is 292 g/mol. The minimum Gasteiger partial charge on any atom is -0.495 e. The molecule has 0 radical (unpaired) electrons. The van der Waals surface area contributed by atoms with Crippen LogP contribution in [-0.2, 0) is 6.42 Å². The summed E-state index contributed by atoms with van der Waals surface area (Å²) in [5.41, 5.74) is 3.66. The highest BCUT2D eigenvalue weighted by atomic mass is 32.1. The Morgan fingerprint density at radius 2 is 1.91 bits per heavy atom. The van der Waals surface area contributed by atoms with Crippen LogP contribution in [0, 0.1) is 0 Å². The summed E-state index contributed by atoms with van der Waals surface area (Å²) in [6.07, 6.45) is 3.44. The van der Waals surface area contributed by atoms with Gasteiger partial charge in [0.15, 0.2) is 5.11 Å².